The van der Waals surface area contributed by atoms with Gasteiger partial charge in [-0.3, -0.25) is 0 Å². The van der Waals surface area contributed by atoms with Crippen molar-refractivity contribution in [3.63, 3.8) is 0 Å². The largest absolute Gasteiger partial charge is 0.315 e. The van der Waals surface area contributed by atoms with Crippen molar-refractivity contribution in [2.45, 2.75) is 30.8 Å². The predicted octanol–water partition coefficient (Wildman–Crippen LogP) is 2.79. The number of nitrogens with one attached hydrogen (secondary N) is 1. The van der Waals surface area contributed by atoms with E-state index in [4.69, 9.17) is 0 Å². The van der Waals surface area contributed by atoms with E-state index < -0.39 is 0 Å². The summed E-state index contributed by atoms with van der Waals surface area (Å²) in [6.07, 6.45) is 1.14. The number of hydrogen-bond donors (Lipinski definition) is 1. The van der Waals surface area contributed by atoms with Crippen molar-refractivity contribution >= 4 is 39.0 Å². The van der Waals surface area contributed by atoms with Gasteiger partial charge in [0.2, 0.25) is 5.16 Å². The van der Waals surface area contributed by atoms with Crippen LogP contribution in [-0.2, 0) is 12.3 Å². The Hall–Kier alpha value is -0.440. The van der Waals surface area contributed by atoms with E-state index in [1.54, 1.807) is 23.1 Å². The molecule has 2 aromatic rings. The van der Waals surface area contributed by atoms with Crippen molar-refractivity contribution in [1.82, 2.24) is 25.5 Å². The molecule has 0 fully saturated rings. The van der Waals surface area contributed by atoms with E-state index in [0.717, 1.165) is 40.8 Å². The van der Waals surface area contributed by atoms with Crippen LogP contribution in [0, 0.1) is 0 Å². The molecule has 0 spiro atoms. The Morgan fingerprint density at radius 2 is 2.32 bits per heavy atom. The summed E-state index contributed by atoms with van der Waals surface area (Å²) in [4.78, 5) is 1.32. The van der Waals surface area contributed by atoms with Gasteiger partial charge in [-0.15, -0.1) is 16.4 Å². The third-order valence-corrected chi connectivity index (χ3v) is 5.21. The summed E-state index contributed by atoms with van der Waals surface area (Å²) in [7, 11) is 0. The van der Waals surface area contributed by atoms with Crippen LogP contribution in [0.5, 0.6) is 0 Å². The Kier molecular flexibility index (Phi) is 6.29. The predicted molar refractivity (Wildman–Crippen MR) is 82.6 cm³/mol. The molecule has 0 unspecified atom stereocenters. The lowest BCUT2D eigenvalue weighted by Crippen LogP contribution is -2.21. The maximum Gasteiger partial charge on any atom is 0.209 e. The molecule has 2 rings (SSSR count). The van der Waals surface area contributed by atoms with E-state index in [0.29, 0.717) is 0 Å². The van der Waals surface area contributed by atoms with Gasteiger partial charge in [-0.1, -0.05) is 18.7 Å². The van der Waals surface area contributed by atoms with E-state index in [-0.39, 0.29) is 0 Å². The summed E-state index contributed by atoms with van der Waals surface area (Å²) in [5.41, 5.74) is 0. The maximum atomic E-state index is 4.07. The van der Waals surface area contributed by atoms with E-state index in [2.05, 4.69) is 55.8 Å². The number of rotatable bonds is 8. The molecule has 5 nitrogen and oxygen atoms in total. The zero-order valence-electron chi connectivity index (χ0n) is 10.7. The van der Waals surface area contributed by atoms with Crippen LogP contribution in [0.25, 0.3) is 0 Å². The smallest absolute Gasteiger partial charge is 0.209 e. The highest BCUT2D eigenvalue weighted by atomic mass is 79.9. The van der Waals surface area contributed by atoms with Gasteiger partial charge in [0, 0.05) is 17.2 Å². The summed E-state index contributed by atoms with van der Waals surface area (Å²) >= 11 is 6.89. The van der Waals surface area contributed by atoms with E-state index >= 15 is 0 Å². The molecule has 0 saturated carbocycles. The molecule has 0 aromatic carbocycles. The Labute approximate surface area is 129 Å². The molecule has 0 bridgehead atoms. The third-order valence-electron chi connectivity index (χ3n) is 2.40. The van der Waals surface area contributed by atoms with Crippen LogP contribution in [0.4, 0.5) is 0 Å². The molecular formula is C11H16BrN5S2. The highest BCUT2D eigenvalue weighted by Gasteiger charge is 2.07. The van der Waals surface area contributed by atoms with Crippen LogP contribution in [0.3, 0.4) is 0 Å². The molecule has 0 radical (unpaired) electrons. The number of thiophene rings is 1. The first kappa shape index (κ1) is 15.0. The Morgan fingerprint density at radius 3 is 3.05 bits per heavy atom. The van der Waals surface area contributed by atoms with Gasteiger partial charge in [-0.05, 0) is 51.5 Å². The minimum Gasteiger partial charge on any atom is -0.315 e. The van der Waals surface area contributed by atoms with Crippen molar-refractivity contribution in [2.75, 3.05) is 13.1 Å². The Morgan fingerprint density at radius 1 is 1.42 bits per heavy atom. The van der Waals surface area contributed by atoms with Gasteiger partial charge in [-0.25, -0.2) is 4.68 Å². The van der Waals surface area contributed by atoms with Crippen molar-refractivity contribution in [1.29, 1.82) is 0 Å². The fourth-order valence-electron chi connectivity index (χ4n) is 1.49. The molecule has 2 heterocycles. The monoisotopic (exact) mass is 361 g/mol. The zero-order valence-corrected chi connectivity index (χ0v) is 13.9. The van der Waals surface area contributed by atoms with Gasteiger partial charge >= 0.3 is 0 Å². The highest BCUT2D eigenvalue weighted by molar-refractivity contribution is 9.11. The fraction of sp³-hybridized carbons (Fsp3) is 0.545. The van der Waals surface area contributed by atoms with Gasteiger partial charge in [0.1, 0.15) is 0 Å². The van der Waals surface area contributed by atoms with Gasteiger partial charge in [0.15, 0.2) is 0 Å². The van der Waals surface area contributed by atoms with Gasteiger partial charge in [0.25, 0.3) is 0 Å². The van der Waals surface area contributed by atoms with Crippen LogP contribution in [0.2, 0.25) is 0 Å². The Balaban J connectivity index is 1.81. The molecule has 0 aliphatic carbocycles. The fourth-order valence-corrected chi connectivity index (χ4v) is 3.92. The van der Waals surface area contributed by atoms with E-state index in [1.807, 2.05) is 4.68 Å². The van der Waals surface area contributed by atoms with Crippen LogP contribution in [0.15, 0.2) is 21.1 Å². The van der Waals surface area contributed by atoms with Crippen molar-refractivity contribution in [3.05, 3.63) is 20.8 Å². The zero-order chi connectivity index (χ0) is 13.5. The summed E-state index contributed by atoms with van der Waals surface area (Å²) in [5.74, 6) is 0.902. The molecule has 8 heteroatoms. The van der Waals surface area contributed by atoms with Gasteiger partial charge < -0.3 is 5.32 Å². The first-order valence-corrected chi connectivity index (χ1v) is 8.73. The SMILES string of the molecule is CCCNCCn1nnnc1SCc1ccc(Br)s1. The molecule has 0 saturated heterocycles. The summed E-state index contributed by atoms with van der Waals surface area (Å²) in [5, 5.41) is 16.1. The topological polar surface area (TPSA) is 55.6 Å². The lowest BCUT2D eigenvalue weighted by molar-refractivity contribution is 0.510. The quantitative estimate of drug-likeness (QED) is 0.578. The minimum atomic E-state index is 0.809. The number of nitrogens with zero attached hydrogens (tertiary/aromatic N) is 4. The lowest BCUT2D eigenvalue weighted by Gasteiger charge is -2.04. The van der Waals surface area contributed by atoms with Gasteiger partial charge in [-0.2, -0.15) is 0 Å². The average Bonchev–Trinajstić information content (AvgIpc) is 3.01. The van der Waals surface area contributed by atoms with Crippen LogP contribution < -0.4 is 5.32 Å². The lowest BCUT2D eigenvalue weighted by atomic mass is 10.5. The molecule has 0 atom stereocenters. The first-order valence-electron chi connectivity index (χ1n) is 6.13. The second-order valence-electron chi connectivity index (χ2n) is 3.93. The molecule has 2 aromatic heterocycles. The minimum absolute atomic E-state index is 0.809. The molecule has 1 N–H and O–H groups in total. The molecule has 0 aliphatic rings. The van der Waals surface area contributed by atoms with Crippen LogP contribution in [0.1, 0.15) is 18.2 Å². The van der Waals surface area contributed by atoms with Crippen LogP contribution in [-0.4, -0.2) is 33.3 Å². The summed E-state index contributed by atoms with van der Waals surface area (Å²) in [6, 6.07) is 4.19. The van der Waals surface area contributed by atoms with Crippen molar-refractivity contribution < 1.29 is 0 Å². The second-order valence-corrected chi connectivity index (χ2v) is 7.42. The molecule has 19 heavy (non-hydrogen) atoms. The second kappa shape index (κ2) is 7.98. The number of hydrogen-bond acceptors (Lipinski definition) is 6. The molecular weight excluding hydrogens is 346 g/mol. The highest BCUT2D eigenvalue weighted by Crippen LogP contribution is 2.27. The first-order chi connectivity index (χ1) is 9.29. The Bertz CT molecular complexity index is 499. The summed E-state index contributed by atoms with van der Waals surface area (Å²) < 4.78 is 3.02. The number of halogens is 1. The number of thioether (sulfide) groups is 1. The molecule has 0 amide bonds. The normalized spacial score (nSPS) is 11.1. The molecule has 104 valence electrons. The summed E-state index contributed by atoms with van der Waals surface area (Å²) in [6.45, 7) is 4.90. The average molecular weight is 362 g/mol. The van der Waals surface area contributed by atoms with E-state index in [1.165, 1.54) is 4.88 Å². The third kappa shape index (κ3) is 4.87. The van der Waals surface area contributed by atoms with Crippen molar-refractivity contribution in [2.24, 2.45) is 0 Å². The van der Waals surface area contributed by atoms with Crippen LogP contribution >= 0.6 is 39.0 Å². The maximum absolute atomic E-state index is 4.07. The number of aromatic nitrogens is 4. The van der Waals surface area contributed by atoms with Gasteiger partial charge in [0.05, 0.1) is 10.3 Å². The number of tetrazole rings is 1. The standard InChI is InChI=1S/C11H16BrN5S2/c1-2-5-13-6-7-17-11(14-15-16-17)18-8-9-3-4-10(12)19-9/h3-4,13H,2,5-8H2,1H3. The van der Waals surface area contributed by atoms with Crippen molar-refractivity contribution in [3.8, 4) is 0 Å². The van der Waals surface area contributed by atoms with E-state index in [9.17, 15) is 0 Å². The molecule has 0 aliphatic heterocycles.